The number of anilines is 2. The van der Waals surface area contributed by atoms with E-state index in [1.54, 1.807) is 6.07 Å². The molecule has 1 saturated heterocycles. The van der Waals surface area contributed by atoms with Crippen LogP contribution in [0.2, 0.25) is 0 Å². The number of amides is 2. The van der Waals surface area contributed by atoms with Crippen molar-refractivity contribution < 1.29 is 9.59 Å². The van der Waals surface area contributed by atoms with Gasteiger partial charge in [0.05, 0.1) is 6.42 Å². The van der Waals surface area contributed by atoms with Crippen molar-refractivity contribution >= 4 is 23.5 Å². The van der Waals surface area contributed by atoms with E-state index in [0.29, 0.717) is 23.9 Å². The summed E-state index contributed by atoms with van der Waals surface area (Å²) >= 11 is 0. The molecule has 0 aromatic carbocycles. The van der Waals surface area contributed by atoms with Crippen LogP contribution in [0.4, 0.5) is 11.6 Å². The maximum Gasteiger partial charge on any atom is 0.251 e. The fourth-order valence-corrected chi connectivity index (χ4v) is 2.03. The number of nitrogens with zero attached hydrogens (tertiary/aromatic N) is 3. The van der Waals surface area contributed by atoms with Crippen molar-refractivity contribution in [3.8, 4) is 0 Å². The van der Waals surface area contributed by atoms with Gasteiger partial charge in [0.1, 0.15) is 23.5 Å². The van der Waals surface area contributed by atoms with E-state index in [-0.39, 0.29) is 18.2 Å². The normalized spacial score (nSPS) is 18.6. The van der Waals surface area contributed by atoms with Gasteiger partial charge in [0.2, 0.25) is 5.91 Å². The molecule has 2 rings (SSSR count). The van der Waals surface area contributed by atoms with E-state index in [1.165, 1.54) is 7.05 Å². The van der Waals surface area contributed by atoms with Gasteiger partial charge in [-0.3, -0.25) is 14.5 Å². The Balaban J connectivity index is 2.18. The van der Waals surface area contributed by atoms with Crippen LogP contribution < -0.4 is 16.6 Å². The fraction of sp³-hybridized carbons (Fsp3) is 0.500. The molecule has 2 heterocycles. The minimum atomic E-state index is -0.581. The zero-order valence-electron chi connectivity index (χ0n) is 11.5. The Morgan fingerprint density at radius 1 is 1.40 bits per heavy atom. The van der Waals surface area contributed by atoms with Gasteiger partial charge in [-0.15, -0.1) is 0 Å². The summed E-state index contributed by atoms with van der Waals surface area (Å²) in [6.07, 6.45) is 1.74. The lowest BCUT2D eigenvalue weighted by molar-refractivity contribution is -0.136. The van der Waals surface area contributed by atoms with Crippen molar-refractivity contribution in [2.45, 2.75) is 32.2 Å². The second-order valence-electron chi connectivity index (χ2n) is 4.64. The van der Waals surface area contributed by atoms with Gasteiger partial charge in [-0.2, -0.15) is 0 Å². The van der Waals surface area contributed by atoms with E-state index >= 15 is 0 Å². The van der Waals surface area contributed by atoms with Crippen LogP contribution in [0.1, 0.15) is 25.6 Å². The van der Waals surface area contributed by atoms with Crippen molar-refractivity contribution in [3.63, 3.8) is 0 Å². The minimum Gasteiger partial charge on any atom is -0.358 e. The molecule has 2 amide bonds. The zero-order chi connectivity index (χ0) is 14.7. The van der Waals surface area contributed by atoms with Gasteiger partial charge in [-0.05, 0) is 6.42 Å². The molecule has 0 aliphatic carbocycles. The Hall–Kier alpha value is -2.22. The van der Waals surface area contributed by atoms with Crippen LogP contribution in [-0.4, -0.2) is 39.8 Å². The van der Waals surface area contributed by atoms with Crippen LogP contribution in [0.15, 0.2) is 6.07 Å². The highest BCUT2D eigenvalue weighted by Gasteiger charge is 2.36. The Morgan fingerprint density at radius 3 is 2.65 bits per heavy atom. The van der Waals surface area contributed by atoms with Crippen LogP contribution in [0.3, 0.4) is 0 Å². The molecule has 0 bridgehead atoms. The second-order valence-corrected chi connectivity index (χ2v) is 4.64. The quantitative estimate of drug-likeness (QED) is 0.391. The average Bonchev–Trinajstić information content (AvgIpc) is 2.66. The van der Waals surface area contributed by atoms with Crippen LogP contribution in [0, 0.1) is 0 Å². The van der Waals surface area contributed by atoms with Gasteiger partial charge in [0.15, 0.2) is 0 Å². The van der Waals surface area contributed by atoms with Crippen LogP contribution in [0.5, 0.6) is 0 Å². The third kappa shape index (κ3) is 2.85. The van der Waals surface area contributed by atoms with Crippen LogP contribution in [0.25, 0.3) is 0 Å². The number of hydrogen-bond acceptors (Lipinski definition) is 7. The van der Waals surface area contributed by atoms with Gasteiger partial charge in [0.25, 0.3) is 5.91 Å². The molecular formula is C12H18N6O2. The number of nitrogens with two attached hydrogens (primary N) is 1. The number of hydrogen-bond donors (Lipinski definition) is 3. The fourth-order valence-electron chi connectivity index (χ4n) is 2.03. The first-order valence-electron chi connectivity index (χ1n) is 6.46. The number of likely N-dealkylation sites (tertiary alicyclic amines) is 1. The first-order valence-corrected chi connectivity index (χ1v) is 6.46. The number of rotatable bonds is 5. The average molecular weight is 278 g/mol. The lowest BCUT2D eigenvalue weighted by Crippen LogP contribution is -2.32. The number of likely N-dealkylation sites (N-methyl/N-ethyl adjacent to an activating group) is 1. The van der Waals surface area contributed by atoms with Crippen molar-refractivity contribution in [2.75, 3.05) is 17.8 Å². The largest absolute Gasteiger partial charge is 0.358 e. The molecule has 1 aromatic rings. The number of nitrogen functional groups attached to an aromatic ring is 1. The first kappa shape index (κ1) is 14.2. The zero-order valence-corrected chi connectivity index (χ0v) is 11.5. The standard InChI is InChI=1S/C12H18N6O2/c1-3-4-8-15-9(6-10(16-8)17-13)14-7-5-11(19)18(2)12(7)20/h6-7H,3-5,13H2,1-2H3,(H2,14,15,16,17). The molecule has 0 spiro atoms. The topological polar surface area (TPSA) is 113 Å². The van der Waals surface area contributed by atoms with Gasteiger partial charge in [-0.1, -0.05) is 6.92 Å². The van der Waals surface area contributed by atoms with Crippen LogP contribution >= 0.6 is 0 Å². The number of hydrazine groups is 1. The van der Waals surface area contributed by atoms with E-state index in [0.717, 1.165) is 11.3 Å². The highest BCUT2D eigenvalue weighted by molar-refractivity contribution is 6.06. The molecular weight excluding hydrogens is 260 g/mol. The molecule has 108 valence electrons. The smallest absolute Gasteiger partial charge is 0.251 e. The highest BCUT2D eigenvalue weighted by Crippen LogP contribution is 2.18. The monoisotopic (exact) mass is 278 g/mol. The van der Waals surface area contributed by atoms with Gasteiger partial charge in [0, 0.05) is 19.5 Å². The lowest BCUT2D eigenvalue weighted by Gasteiger charge is -2.13. The summed E-state index contributed by atoms with van der Waals surface area (Å²) in [5, 5.41) is 2.97. The Bertz CT molecular complexity index is 533. The molecule has 8 nitrogen and oxygen atoms in total. The molecule has 1 aromatic heterocycles. The Labute approximate surface area is 116 Å². The molecule has 1 atom stereocenters. The number of aryl methyl sites for hydroxylation is 1. The van der Waals surface area contributed by atoms with E-state index in [4.69, 9.17) is 5.84 Å². The van der Waals surface area contributed by atoms with Gasteiger partial charge >= 0.3 is 0 Å². The molecule has 4 N–H and O–H groups in total. The van der Waals surface area contributed by atoms with Gasteiger partial charge < -0.3 is 10.7 Å². The van der Waals surface area contributed by atoms with E-state index in [9.17, 15) is 9.59 Å². The molecule has 1 fully saturated rings. The number of nitrogens with one attached hydrogen (secondary N) is 2. The number of imide groups is 1. The summed E-state index contributed by atoms with van der Waals surface area (Å²) in [6.45, 7) is 2.02. The molecule has 1 unspecified atom stereocenters. The summed E-state index contributed by atoms with van der Waals surface area (Å²) in [7, 11) is 1.47. The lowest BCUT2D eigenvalue weighted by atomic mass is 10.2. The molecule has 8 heteroatoms. The molecule has 1 aliphatic rings. The van der Waals surface area contributed by atoms with E-state index < -0.39 is 6.04 Å². The minimum absolute atomic E-state index is 0.133. The number of carbonyl (C=O) groups excluding carboxylic acids is 2. The summed E-state index contributed by atoms with van der Waals surface area (Å²) in [5.41, 5.74) is 2.47. The number of aromatic nitrogens is 2. The van der Waals surface area contributed by atoms with Crippen molar-refractivity contribution in [3.05, 3.63) is 11.9 Å². The predicted molar refractivity (Wildman–Crippen MR) is 73.6 cm³/mol. The third-order valence-electron chi connectivity index (χ3n) is 3.10. The SMILES string of the molecule is CCCc1nc(NN)cc(NC2CC(=O)N(C)C2=O)n1. The predicted octanol–water partition coefficient (Wildman–Crippen LogP) is -0.116. The highest BCUT2D eigenvalue weighted by atomic mass is 16.2. The molecule has 20 heavy (non-hydrogen) atoms. The van der Waals surface area contributed by atoms with Crippen LogP contribution in [-0.2, 0) is 16.0 Å². The second kappa shape index (κ2) is 5.83. The summed E-state index contributed by atoms with van der Waals surface area (Å²) in [6, 6.07) is 1.03. The maximum atomic E-state index is 11.8. The van der Waals surface area contributed by atoms with E-state index in [1.807, 2.05) is 6.92 Å². The van der Waals surface area contributed by atoms with Crippen molar-refractivity contribution in [1.29, 1.82) is 0 Å². The maximum absolute atomic E-state index is 11.8. The first-order chi connectivity index (χ1) is 9.55. The molecule has 1 aliphatic heterocycles. The van der Waals surface area contributed by atoms with Crippen molar-refractivity contribution in [2.24, 2.45) is 5.84 Å². The molecule has 0 radical (unpaired) electrons. The van der Waals surface area contributed by atoms with E-state index in [2.05, 4.69) is 20.7 Å². The van der Waals surface area contributed by atoms with Crippen molar-refractivity contribution in [1.82, 2.24) is 14.9 Å². The Morgan fingerprint density at radius 2 is 2.10 bits per heavy atom. The Kier molecular flexibility index (Phi) is 4.14. The summed E-state index contributed by atoms with van der Waals surface area (Å²) < 4.78 is 0. The summed E-state index contributed by atoms with van der Waals surface area (Å²) in [5.74, 6) is 6.50. The summed E-state index contributed by atoms with van der Waals surface area (Å²) in [4.78, 5) is 33.0. The third-order valence-corrected chi connectivity index (χ3v) is 3.10. The number of carbonyl (C=O) groups is 2. The van der Waals surface area contributed by atoms with Gasteiger partial charge in [-0.25, -0.2) is 15.8 Å². The molecule has 0 saturated carbocycles.